The minimum absolute atomic E-state index is 0.00990. The van der Waals surface area contributed by atoms with Crippen molar-refractivity contribution in [3.63, 3.8) is 0 Å². The molecule has 3 aromatic carbocycles. The van der Waals surface area contributed by atoms with Crippen LogP contribution in [0.25, 0.3) is 11.1 Å². The Balaban J connectivity index is 1.21. The molecule has 0 saturated carbocycles. The second kappa shape index (κ2) is 19.6. The van der Waals surface area contributed by atoms with Crippen LogP contribution >= 0.6 is 0 Å². The van der Waals surface area contributed by atoms with Crippen molar-refractivity contribution in [1.82, 2.24) is 15.7 Å². The third kappa shape index (κ3) is 11.5. The lowest BCUT2D eigenvalue weighted by Crippen LogP contribution is -2.40. The first-order valence-electron chi connectivity index (χ1n) is 18.1. The van der Waals surface area contributed by atoms with Gasteiger partial charge in [0, 0.05) is 37.9 Å². The Bertz CT molecular complexity index is 1440. The fourth-order valence-electron chi connectivity index (χ4n) is 6.86. The van der Waals surface area contributed by atoms with E-state index in [9.17, 15) is 14.7 Å². The highest BCUT2D eigenvalue weighted by Gasteiger charge is 2.33. The SMILES string of the molecule is O=C(CCCCCCC(=O)NCc1ccccc1-c1ccc([C@H]2O[C@@H](CN3CCCCCCC3)C[C@@H](c3ccc(CO)cc3)O2)cc1)NO. The predicted molar refractivity (Wildman–Crippen MR) is 189 cm³/mol. The van der Waals surface area contributed by atoms with Crippen LogP contribution in [0.1, 0.15) is 112 Å². The van der Waals surface area contributed by atoms with Crippen molar-refractivity contribution in [3.05, 3.63) is 95.1 Å². The summed E-state index contributed by atoms with van der Waals surface area (Å²) in [6.45, 7) is 3.59. The number of aliphatic hydroxyl groups is 1. The highest BCUT2D eigenvalue weighted by Crippen LogP contribution is 2.39. The number of aliphatic hydroxyl groups excluding tert-OH is 1. The molecule has 2 aliphatic rings. The summed E-state index contributed by atoms with van der Waals surface area (Å²) < 4.78 is 13.3. The fourth-order valence-corrected chi connectivity index (χ4v) is 6.86. The maximum Gasteiger partial charge on any atom is 0.243 e. The molecule has 2 heterocycles. The van der Waals surface area contributed by atoms with Crippen LogP contribution in [0.4, 0.5) is 0 Å². The monoisotopic (exact) mass is 671 g/mol. The lowest BCUT2D eigenvalue weighted by atomic mass is 9.97. The summed E-state index contributed by atoms with van der Waals surface area (Å²) >= 11 is 0. The molecule has 3 aromatic rings. The number of hydrogen-bond acceptors (Lipinski definition) is 7. The zero-order valence-electron chi connectivity index (χ0n) is 28.7. The van der Waals surface area contributed by atoms with Gasteiger partial charge in [0.15, 0.2) is 6.29 Å². The van der Waals surface area contributed by atoms with E-state index in [1.165, 1.54) is 32.1 Å². The maximum atomic E-state index is 12.6. The summed E-state index contributed by atoms with van der Waals surface area (Å²) in [7, 11) is 0. The Morgan fingerprint density at radius 2 is 1.41 bits per heavy atom. The number of unbranched alkanes of at least 4 members (excludes halogenated alkanes) is 3. The molecule has 2 saturated heterocycles. The molecule has 9 nitrogen and oxygen atoms in total. The lowest BCUT2D eigenvalue weighted by molar-refractivity contribution is -0.253. The Morgan fingerprint density at radius 1 is 0.755 bits per heavy atom. The van der Waals surface area contributed by atoms with E-state index in [4.69, 9.17) is 14.7 Å². The molecule has 49 heavy (non-hydrogen) atoms. The van der Waals surface area contributed by atoms with Crippen LogP contribution in [-0.4, -0.2) is 52.8 Å². The van der Waals surface area contributed by atoms with E-state index >= 15 is 0 Å². The quantitative estimate of drug-likeness (QED) is 0.0772. The molecule has 3 atom stereocenters. The van der Waals surface area contributed by atoms with Crippen molar-refractivity contribution in [2.75, 3.05) is 19.6 Å². The van der Waals surface area contributed by atoms with Gasteiger partial charge < -0.3 is 24.8 Å². The van der Waals surface area contributed by atoms with E-state index in [1.807, 2.05) is 30.3 Å². The summed E-state index contributed by atoms with van der Waals surface area (Å²) in [4.78, 5) is 26.3. The third-order valence-corrected chi connectivity index (χ3v) is 9.70. The number of ether oxygens (including phenoxy) is 2. The first-order chi connectivity index (χ1) is 24.0. The number of nitrogens with zero attached hydrogens (tertiary/aromatic N) is 1. The molecular formula is C40H53N3O6. The van der Waals surface area contributed by atoms with Crippen LogP contribution < -0.4 is 10.8 Å². The number of amides is 2. The van der Waals surface area contributed by atoms with E-state index in [1.54, 1.807) is 5.48 Å². The smallest absolute Gasteiger partial charge is 0.243 e. The van der Waals surface area contributed by atoms with Gasteiger partial charge in [0.25, 0.3) is 0 Å². The van der Waals surface area contributed by atoms with Crippen molar-refractivity contribution >= 4 is 11.8 Å². The standard InChI is InChI=1S/C40H53N3O6/c44-29-30-16-18-32(19-17-30)37-26-35(28-43-24-10-4-1-5-11-25-43)48-40(49-37)33-22-20-31(21-23-33)36-13-9-8-12-34(36)27-41-38(45)14-6-2-3-7-15-39(46)42-47/h8-9,12-13,16-23,35,37,40,44,47H,1-7,10-11,14-15,24-29H2,(H,41,45)(H,42,46)/t35-,37+,40+/m1/s1. The zero-order valence-corrected chi connectivity index (χ0v) is 28.7. The first kappa shape index (κ1) is 36.7. The van der Waals surface area contributed by atoms with Crippen LogP contribution in [0.15, 0.2) is 72.8 Å². The van der Waals surface area contributed by atoms with Crippen molar-refractivity contribution in [2.45, 2.75) is 109 Å². The molecule has 4 N–H and O–H groups in total. The topological polar surface area (TPSA) is 120 Å². The number of likely N-dealkylation sites (tertiary alicyclic amines) is 1. The predicted octanol–water partition coefficient (Wildman–Crippen LogP) is 7.12. The number of nitrogens with one attached hydrogen (secondary N) is 2. The van der Waals surface area contributed by atoms with Gasteiger partial charge in [-0.15, -0.1) is 0 Å². The first-order valence-corrected chi connectivity index (χ1v) is 18.1. The Kier molecular flexibility index (Phi) is 14.6. The molecule has 0 spiro atoms. The summed E-state index contributed by atoms with van der Waals surface area (Å²) in [6, 6.07) is 24.6. The van der Waals surface area contributed by atoms with Crippen LogP contribution in [-0.2, 0) is 32.2 Å². The highest BCUT2D eigenvalue weighted by atomic mass is 16.7. The van der Waals surface area contributed by atoms with Gasteiger partial charge in [-0.05, 0) is 66.6 Å². The van der Waals surface area contributed by atoms with Gasteiger partial charge in [0.2, 0.25) is 11.8 Å². The van der Waals surface area contributed by atoms with Gasteiger partial charge in [-0.1, -0.05) is 105 Å². The van der Waals surface area contributed by atoms with Gasteiger partial charge >= 0.3 is 0 Å². The average Bonchev–Trinajstić information content (AvgIpc) is 3.13. The normalized spacial score (nSPS) is 20.2. The van der Waals surface area contributed by atoms with Crippen molar-refractivity contribution < 1.29 is 29.4 Å². The molecule has 0 radical (unpaired) electrons. The summed E-state index contributed by atoms with van der Waals surface area (Å²) in [5, 5.41) is 21.2. The van der Waals surface area contributed by atoms with Gasteiger partial charge in [0.1, 0.15) is 0 Å². The number of rotatable bonds is 15. The largest absolute Gasteiger partial charge is 0.392 e. The second-order valence-corrected chi connectivity index (χ2v) is 13.4. The van der Waals surface area contributed by atoms with Crippen LogP contribution in [0.2, 0.25) is 0 Å². The molecule has 264 valence electrons. The Labute approximate surface area is 291 Å². The van der Waals surface area contributed by atoms with Crippen molar-refractivity contribution in [1.29, 1.82) is 0 Å². The molecule has 0 aromatic heterocycles. The van der Waals surface area contributed by atoms with Crippen LogP contribution in [0, 0.1) is 0 Å². The summed E-state index contributed by atoms with van der Waals surface area (Å²) in [5.41, 5.74) is 7.78. The molecule has 2 aliphatic heterocycles. The van der Waals surface area contributed by atoms with E-state index in [0.29, 0.717) is 25.8 Å². The van der Waals surface area contributed by atoms with Gasteiger partial charge in [-0.3, -0.25) is 14.8 Å². The molecule has 0 bridgehead atoms. The van der Waals surface area contributed by atoms with Gasteiger partial charge in [0.05, 0.1) is 18.8 Å². The van der Waals surface area contributed by atoms with Crippen molar-refractivity contribution in [2.24, 2.45) is 0 Å². The Morgan fingerprint density at radius 3 is 2.10 bits per heavy atom. The molecule has 9 heteroatoms. The number of carbonyl (C=O) groups is 2. The molecule has 5 rings (SSSR count). The molecule has 0 unspecified atom stereocenters. The lowest BCUT2D eigenvalue weighted by Gasteiger charge is -2.39. The summed E-state index contributed by atoms with van der Waals surface area (Å²) in [6.07, 6.45) is 10.5. The van der Waals surface area contributed by atoms with E-state index in [2.05, 4.69) is 52.7 Å². The second-order valence-electron chi connectivity index (χ2n) is 13.4. The summed E-state index contributed by atoms with van der Waals surface area (Å²) in [5.74, 6) is -0.366. The van der Waals surface area contributed by atoms with Crippen LogP contribution in [0.5, 0.6) is 0 Å². The number of benzene rings is 3. The molecule has 2 amide bonds. The van der Waals surface area contributed by atoms with Gasteiger partial charge in [-0.2, -0.15) is 0 Å². The van der Waals surface area contributed by atoms with E-state index < -0.39 is 6.29 Å². The van der Waals surface area contributed by atoms with Crippen molar-refractivity contribution in [3.8, 4) is 11.1 Å². The van der Waals surface area contributed by atoms with E-state index in [0.717, 1.165) is 78.7 Å². The average molecular weight is 672 g/mol. The molecule has 2 fully saturated rings. The van der Waals surface area contributed by atoms with Crippen LogP contribution in [0.3, 0.4) is 0 Å². The van der Waals surface area contributed by atoms with E-state index in [-0.39, 0.29) is 30.6 Å². The zero-order chi connectivity index (χ0) is 34.3. The number of hydrogen-bond donors (Lipinski definition) is 4. The van der Waals surface area contributed by atoms with Gasteiger partial charge in [-0.25, -0.2) is 5.48 Å². The third-order valence-electron chi connectivity index (χ3n) is 9.70. The minimum atomic E-state index is -0.494. The molecule has 0 aliphatic carbocycles. The Hall–Kier alpha value is -3.60. The fraction of sp³-hybridized carbons (Fsp3) is 0.500. The maximum absolute atomic E-state index is 12.6. The minimum Gasteiger partial charge on any atom is -0.392 e. The number of hydroxylamine groups is 1. The number of carbonyl (C=O) groups excluding carboxylic acids is 2. The molecular weight excluding hydrogens is 618 g/mol. The highest BCUT2D eigenvalue weighted by molar-refractivity contribution is 5.76.